The van der Waals surface area contributed by atoms with Crippen molar-refractivity contribution in [3.8, 4) is 5.75 Å². The van der Waals surface area contributed by atoms with Gasteiger partial charge in [-0.05, 0) is 36.4 Å². The number of amides is 2. The second-order valence-corrected chi connectivity index (χ2v) is 7.95. The number of nitrogens with one attached hydrogen (secondary N) is 1. The molecule has 0 saturated heterocycles. The van der Waals surface area contributed by atoms with Crippen molar-refractivity contribution in [1.82, 2.24) is 0 Å². The van der Waals surface area contributed by atoms with Crippen LogP contribution in [0.1, 0.15) is 10.4 Å². The Morgan fingerprint density at radius 2 is 1.67 bits per heavy atom. The molecule has 2 amide bonds. The molecule has 3 rings (SSSR count). The Labute approximate surface area is 196 Å². The number of hydrogen-bond acceptors (Lipinski definition) is 6. The summed E-state index contributed by atoms with van der Waals surface area (Å²) >= 11 is 1.21. The predicted octanol–water partition coefficient (Wildman–Crippen LogP) is 4.25. The fourth-order valence-electron chi connectivity index (χ4n) is 2.90. The summed E-state index contributed by atoms with van der Waals surface area (Å²) in [5.74, 6) is -0.465. The highest BCUT2D eigenvalue weighted by molar-refractivity contribution is 8.00. The van der Waals surface area contributed by atoms with Gasteiger partial charge < -0.3 is 19.7 Å². The summed E-state index contributed by atoms with van der Waals surface area (Å²) in [5, 5.41) is 2.80. The number of hydrogen-bond donors (Lipinski definition) is 1. The van der Waals surface area contributed by atoms with E-state index >= 15 is 0 Å². The summed E-state index contributed by atoms with van der Waals surface area (Å²) in [4.78, 5) is 39.4. The van der Waals surface area contributed by atoms with Crippen molar-refractivity contribution in [3.63, 3.8) is 0 Å². The van der Waals surface area contributed by atoms with E-state index in [4.69, 9.17) is 9.47 Å². The smallest absolute Gasteiger partial charge is 0.339 e. The molecule has 0 heterocycles. The van der Waals surface area contributed by atoms with Gasteiger partial charge in [-0.3, -0.25) is 9.59 Å². The van der Waals surface area contributed by atoms with E-state index in [-0.39, 0.29) is 24.2 Å². The number of likely N-dealkylation sites (N-methyl/N-ethyl adjacent to an activating group) is 1. The molecule has 0 aliphatic carbocycles. The number of carbonyl (C=O) groups is 3. The van der Waals surface area contributed by atoms with Crippen molar-refractivity contribution in [3.05, 3.63) is 84.4 Å². The third kappa shape index (κ3) is 6.85. The van der Waals surface area contributed by atoms with E-state index in [0.717, 1.165) is 0 Å². The summed E-state index contributed by atoms with van der Waals surface area (Å²) in [6.45, 7) is -0.389. The van der Waals surface area contributed by atoms with E-state index in [1.165, 1.54) is 16.7 Å². The van der Waals surface area contributed by atoms with Crippen molar-refractivity contribution in [1.29, 1.82) is 0 Å². The zero-order valence-electron chi connectivity index (χ0n) is 18.3. The Hall–Kier alpha value is -3.78. The van der Waals surface area contributed by atoms with Crippen LogP contribution in [0.4, 0.5) is 11.4 Å². The SMILES string of the molecule is COc1cccc(NC(=O)CSc2ccccc2C(=O)OCC(=O)N(C)c2ccccc2)c1. The second-order valence-electron chi connectivity index (χ2n) is 6.93. The van der Waals surface area contributed by atoms with Crippen LogP contribution in [0.3, 0.4) is 0 Å². The standard InChI is InChI=1S/C25H24N2O5S/c1-27(19-10-4-3-5-11-19)24(29)16-32-25(30)21-13-6-7-14-22(21)33-17-23(28)26-18-9-8-12-20(15-18)31-2/h3-15H,16-17H2,1-2H3,(H,26,28). The van der Waals surface area contributed by atoms with Gasteiger partial charge in [-0.15, -0.1) is 11.8 Å². The number of thioether (sulfide) groups is 1. The first kappa shape index (κ1) is 23.9. The summed E-state index contributed by atoms with van der Waals surface area (Å²) in [6, 6.07) is 23.0. The van der Waals surface area contributed by atoms with E-state index in [1.54, 1.807) is 74.8 Å². The number of ether oxygens (including phenoxy) is 2. The highest BCUT2D eigenvalue weighted by Crippen LogP contribution is 2.24. The van der Waals surface area contributed by atoms with Gasteiger partial charge in [-0.1, -0.05) is 36.4 Å². The third-order valence-electron chi connectivity index (χ3n) is 4.66. The molecule has 3 aromatic rings. The average molecular weight is 465 g/mol. The van der Waals surface area contributed by atoms with Gasteiger partial charge in [0.15, 0.2) is 6.61 Å². The molecule has 0 aliphatic rings. The largest absolute Gasteiger partial charge is 0.497 e. The van der Waals surface area contributed by atoms with Crippen LogP contribution < -0.4 is 15.0 Å². The van der Waals surface area contributed by atoms with E-state index < -0.39 is 5.97 Å². The van der Waals surface area contributed by atoms with E-state index in [9.17, 15) is 14.4 Å². The lowest BCUT2D eigenvalue weighted by molar-refractivity contribution is -0.121. The van der Waals surface area contributed by atoms with Gasteiger partial charge >= 0.3 is 5.97 Å². The lowest BCUT2D eigenvalue weighted by Gasteiger charge is -2.17. The maximum Gasteiger partial charge on any atom is 0.339 e. The van der Waals surface area contributed by atoms with Gasteiger partial charge in [0.2, 0.25) is 5.91 Å². The number of carbonyl (C=O) groups excluding carboxylic acids is 3. The third-order valence-corrected chi connectivity index (χ3v) is 5.74. The van der Waals surface area contributed by atoms with Crippen molar-refractivity contribution in [2.75, 3.05) is 36.7 Å². The number of esters is 1. The molecule has 0 fully saturated rings. The van der Waals surface area contributed by atoms with Gasteiger partial charge in [0.1, 0.15) is 5.75 Å². The molecule has 7 nitrogen and oxygen atoms in total. The Bertz CT molecular complexity index is 1120. The van der Waals surface area contributed by atoms with Crippen LogP contribution in [0.15, 0.2) is 83.8 Å². The van der Waals surface area contributed by atoms with Crippen LogP contribution in [0, 0.1) is 0 Å². The molecule has 8 heteroatoms. The molecule has 0 atom stereocenters. The summed E-state index contributed by atoms with van der Waals surface area (Å²) in [7, 11) is 3.18. The number of para-hydroxylation sites is 1. The normalized spacial score (nSPS) is 10.2. The number of nitrogens with zero attached hydrogens (tertiary/aromatic N) is 1. The zero-order chi connectivity index (χ0) is 23.6. The van der Waals surface area contributed by atoms with Crippen LogP contribution in [-0.2, 0) is 14.3 Å². The van der Waals surface area contributed by atoms with E-state index in [2.05, 4.69) is 5.32 Å². The van der Waals surface area contributed by atoms with Crippen LogP contribution in [0.25, 0.3) is 0 Å². The number of methoxy groups -OCH3 is 1. The molecule has 0 radical (unpaired) electrons. The summed E-state index contributed by atoms with van der Waals surface area (Å²) in [6.07, 6.45) is 0. The van der Waals surface area contributed by atoms with E-state index in [0.29, 0.717) is 27.6 Å². The minimum Gasteiger partial charge on any atom is -0.497 e. The minimum atomic E-state index is -0.624. The number of anilines is 2. The molecule has 0 aromatic heterocycles. The first-order valence-corrected chi connectivity index (χ1v) is 11.1. The average Bonchev–Trinajstić information content (AvgIpc) is 2.86. The maximum atomic E-state index is 12.6. The van der Waals surface area contributed by atoms with Gasteiger partial charge in [0.25, 0.3) is 5.91 Å². The molecule has 0 bridgehead atoms. The molecule has 1 N–H and O–H groups in total. The monoisotopic (exact) mass is 464 g/mol. The van der Waals surface area contributed by atoms with Gasteiger partial charge in [0, 0.05) is 29.4 Å². The van der Waals surface area contributed by atoms with Crippen molar-refractivity contribution in [2.24, 2.45) is 0 Å². The van der Waals surface area contributed by atoms with Crippen LogP contribution >= 0.6 is 11.8 Å². The van der Waals surface area contributed by atoms with E-state index in [1.807, 2.05) is 18.2 Å². The molecular weight excluding hydrogens is 440 g/mol. The van der Waals surface area contributed by atoms with Crippen LogP contribution in [0.5, 0.6) is 5.75 Å². The fourth-order valence-corrected chi connectivity index (χ4v) is 3.74. The topological polar surface area (TPSA) is 84.9 Å². The Kier molecular flexibility index (Phi) is 8.49. The Morgan fingerprint density at radius 3 is 2.42 bits per heavy atom. The van der Waals surface area contributed by atoms with Crippen molar-refractivity contribution >= 4 is 40.9 Å². The molecule has 0 aliphatic heterocycles. The van der Waals surface area contributed by atoms with Gasteiger partial charge in [-0.2, -0.15) is 0 Å². The molecule has 3 aromatic carbocycles. The first-order valence-electron chi connectivity index (χ1n) is 10.1. The maximum absolute atomic E-state index is 12.6. The molecule has 33 heavy (non-hydrogen) atoms. The van der Waals surface area contributed by atoms with Gasteiger partial charge in [-0.25, -0.2) is 4.79 Å². The molecule has 0 spiro atoms. The van der Waals surface area contributed by atoms with Gasteiger partial charge in [0.05, 0.1) is 18.4 Å². The quantitative estimate of drug-likeness (QED) is 0.377. The summed E-state index contributed by atoms with van der Waals surface area (Å²) < 4.78 is 10.4. The molecule has 170 valence electrons. The number of rotatable bonds is 9. The Morgan fingerprint density at radius 1 is 0.939 bits per heavy atom. The summed E-state index contributed by atoms with van der Waals surface area (Å²) in [5.41, 5.74) is 1.62. The molecule has 0 saturated carbocycles. The Balaban J connectivity index is 1.56. The first-order chi connectivity index (χ1) is 16.0. The molecular formula is C25H24N2O5S. The van der Waals surface area contributed by atoms with Crippen molar-refractivity contribution < 1.29 is 23.9 Å². The minimum absolute atomic E-state index is 0.0944. The second kappa shape index (κ2) is 11.7. The lowest BCUT2D eigenvalue weighted by atomic mass is 10.2. The predicted molar refractivity (Wildman–Crippen MR) is 129 cm³/mol. The number of benzene rings is 3. The zero-order valence-corrected chi connectivity index (χ0v) is 19.1. The molecule has 0 unspecified atom stereocenters. The van der Waals surface area contributed by atoms with Crippen molar-refractivity contribution in [2.45, 2.75) is 4.90 Å². The van der Waals surface area contributed by atoms with Crippen LogP contribution in [0.2, 0.25) is 0 Å². The highest BCUT2D eigenvalue weighted by atomic mass is 32.2. The lowest BCUT2D eigenvalue weighted by Crippen LogP contribution is -2.31. The fraction of sp³-hybridized carbons (Fsp3) is 0.160. The highest BCUT2D eigenvalue weighted by Gasteiger charge is 2.18. The van der Waals surface area contributed by atoms with Crippen LogP contribution in [-0.4, -0.2) is 44.3 Å².